The summed E-state index contributed by atoms with van der Waals surface area (Å²) in [5.41, 5.74) is 8.73. The number of hydrogen-bond donors (Lipinski definition) is 2. The van der Waals surface area contributed by atoms with Crippen LogP contribution in [0.15, 0.2) is 101 Å². The summed E-state index contributed by atoms with van der Waals surface area (Å²) in [6, 6.07) is 28.4. The molecule has 9 heteroatoms. The highest BCUT2D eigenvalue weighted by atomic mass is 35.5. The Morgan fingerprint density at radius 2 is 1.79 bits per heavy atom. The van der Waals surface area contributed by atoms with E-state index in [1.54, 1.807) is 18.3 Å². The summed E-state index contributed by atoms with van der Waals surface area (Å²) in [6.45, 7) is 4.80. The molecule has 212 valence electrons. The minimum absolute atomic E-state index is 0.315. The zero-order chi connectivity index (χ0) is 29.3. The van der Waals surface area contributed by atoms with Crippen LogP contribution in [0.1, 0.15) is 34.0 Å². The number of benzene rings is 4. The molecule has 0 bridgehead atoms. The van der Waals surface area contributed by atoms with Gasteiger partial charge in [-0.3, -0.25) is 4.79 Å². The van der Waals surface area contributed by atoms with Gasteiger partial charge in [0.2, 0.25) is 0 Å². The van der Waals surface area contributed by atoms with Crippen molar-refractivity contribution in [2.45, 2.75) is 20.5 Å². The van der Waals surface area contributed by atoms with Crippen molar-refractivity contribution in [3.8, 4) is 22.8 Å². The van der Waals surface area contributed by atoms with E-state index in [1.165, 1.54) is 16.9 Å². The second-order valence-corrected chi connectivity index (χ2v) is 10.7. The molecule has 0 saturated carbocycles. The highest BCUT2D eigenvalue weighted by Gasteiger charge is 2.10. The molecule has 0 aliphatic heterocycles. The van der Waals surface area contributed by atoms with Gasteiger partial charge in [0, 0.05) is 27.2 Å². The SMILES string of the molecule is CCOc1cc(/C=N\NC(=O)c2ccc(-c3csc(Nc4ccc(C)cc4)n3)cc2)ccc1OCc1cccc(Cl)c1. The van der Waals surface area contributed by atoms with Crippen molar-refractivity contribution in [3.63, 3.8) is 0 Å². The Morgan fingerprint density at radius 1 is 0.976 bits per heavy atom. The molecule has 0 unspecified atom stereocenters. The third-order valence-electron chi connectivity index (χ3n) is 6.18. The van der Waals surface area contributed by atoms with Crippen LogP contribution in [-0.2, 0) is 6.61 Å². The molecule has 0 spiro atoms. The Bertz CT molecular complexity index is 1680. The first-order valence-electron chi connectivity index (χ1n) is 13.3. The van der Waals surface area contributed by atoms with Crippen molar-refractivity contribution in [2.24, 2.45) is 5.10 Å². The van der Waals surface area contributed by atoms with Crippen LogP contribution in [0.3, 0.4) is 0 Å². The summed E-state index contributed by atoms with van der Waals surface area (Å²) in [5, 5.41) is 10.9. The first kappa shape index (κ1) is 28.9. The number of nitrogens with one attached hydrogen (secondary N) is 2. The van der Waals surface area contributed by atoms with Gasteiger partial charge in [0.15, 0.2) is 16.6 Å². The fourth-order valence-corrected chi connectivity index (χ4v) is 4.98. The number of rotatable bonds is 11. The van der Waals surface area contributed by atoms with Crippen molar-refractivity contribution in [1.29, 1.82) is 0 Å². The van der Waals surface area contributed by atoms with E-state index < -0.39 is 0 Å². The highest BCUT2D eigenvalue weighted by Crippen LogP contribution is 2.30. The number of aromatic nitrogens is 1. The van der Waals surface area contributed by atoms with Crippen molar-refractivity contribution in [1.82, 2.24) is 10.4 Å². The van der Waals surface area contributed by atoms with Crippen molar-refractivity contribution < 1.29 is 14.3 Å². The molecular formula is C33H29ClN4O3S. The summed E-state index contributed by atoms with van der Waals surface area (Å²) in [7, 11) is 0. The van der Waals surface area contributed by atoms with Gasteiger partial charge in [0.1, 0.15) is 6.61 Å². The van der Waals surface area contributed by atoms with E-state index >= 15 is 0 Å². The van der Waals surface area contributed by atoms with E-state index in [0.717, 1.165) is 33.2 Å². The van der Waals surface area contributed by atoms with Crippen LogP contribution in [-0.4, -0.2) is 23.7 Å². The number of carbonyl (C=O) groups is 1. The van der Waals surface area contributed by atoms with Gasteiger partial charge in [-0.15, -0.1) is 11.3 Å². The maximum absolute atomic E-state index is 12.7. The molecule has 7 nitrogen and oxygen atoms in total. The first-order chi connectivity index (χ1) is 20.5. The molecule has 1 heterocycles. The fraction of sp³-hybridized carbons (Fsp3) is 0.121. The maximum Gasteiger partial charge on any atom is 0.271 e. The van der Waals surface area contributed by atoms with Crippen molar-refractivity contribution >= 4 is 45.9 Å². The molecule has 0 atom stereocenters. The Labute approximate surface area is 253 Å². The lowest BCUT2D eigenvalue weighted by atomic mass is 10.1. The van der Waals surface area contributed by atoms with E-state index in [2.05, 4.69) is 39.9 Å². The minimum Gasteiger partial charge on any atom is -0.490 e. The quantitative estimate of drug-likeness (QED) is 0.118. The smallest absolute Gasteiger partial charge is 0.271 e. The summed E-state index contributed by atoms with van der Waals surface area (Å²) < 4.78 is 11.7. The average Bonchev–Trinajstić information content (AvgIpc) is 3.46. The van der Waals surface area contributed by atoms with Crippen LogP contribution >= 0.6 is 22.9 Å². The van der Waals surface area contributed by atoms with Gasteiger partial charge >= 0.3 is 0 Å². The second-order valence-electron chi connectivity index (χ2n) is 9.36. The second kappa shape index (κ2) is 13.8. The zero-order valence-corrected chi connectivity index (χ0v) is 24.7. The van der Waals surface area contributed by atoms with Crippen LogP contribution in [0.2, 0.25) is 5.02 Å². The number of hydrazone groups is 1. The summed E-state index contributed by atoms with van der Waals surface area (Å²) in [5.74, 6) is 0.880. The molecule has 5 rings (SSSR count). The number of hydrogen-bond acceptors (Lipinski definition) is 7. The van der Waals surface area contributed by atoms with E-state index in [1.807, 2.05) is 79.0 Å². The molecule has 2 N–H and O–H groups in total. The van der Waals surface area contributed by atoms with Gasteiger partial charge in [-0.25, -0.2) is 10.4 Å². The molecule has 0 saturated heterocycles. The summed E-state index contributed by atoms with van der Waals surface area (Å²) >= 11 is 7.60. The third-order valence-corrected chi connectivity index (χ3v) is 7.17. The number of carbonyl (C=O) groups excluding carboxylic acids is 1. The van der Waals surface area contributed by atoms with Gasteiger partial charge in [-0.05, 0) is 79.6 Å². The molecular weight excluding hydrogens is 568 g/mol. The number of aryl methyl sites for hydroxylation is 1. The van der Waals surface area contributed by atoms with Crippen LogP contribution in [0.25, 0.3) is 11.3 Å². The van der Waals surface area contributed by atoms with E-state index in [0.29, 0.717) is 35.3 Å². The Hall–Kier alpha value is -4.66. The highest BCUT2D eigenvalue weighted by molar-refractivity contribution is 7.14. The Balaban J connectivity index is 1.17. The maximum atomic E-state index is 12.7. The van der Waals surface area contributed by atoms with Gasteiger partial charge in [-0.2, -0.15) is 5.10 Å². The number of ether oxygens (including phenoxy) is 2. The van der Waals surface area contributed by atoms with Crippen LogP contribution < -0.4 is 20.2 Å². The van der Waals surface area contributed by atoms with E-state index in [-0.39, 0.29) is 5.91 Å². The first-order valence-corrected chi connectivity index (χ1v) is 14.6. The molecule has 0 aliphatic rings. The average molecular weight is 597 g/mol. The molecule has 0 radical (unpaired) electrons. The number of amides is 1. The lowest BCUT2D eigenvalue weighted by Crippen LogP contribution is -2.17. The largest absolute Gasteiger partial charge is 0.490 e. The summed E-state index contributed by atoms with van der Waals surface area (Å²) in [4.78, 5) is 17.4. The number of anilines is 2. The molecule has 4 aromatic carbocycles. The van der Waals surface area contributed by atoms with Crippen molar-refractivity contribution in [3.05, 3.63) is 124 Å². The van der Waals surface area contributed by atoms with Gasteiger partial charge in [0.05, 0.1) is 18.5 Å². The Kier molecular flexibility index (Phi) is 9.48. The predicted molar refractivity (Wildman–Crippen MR) is 170 cm³/mol. The topological polar surface area (TPSA) is 84.8 Å². The van der Waals surface area contributed by atoms with Crippen LogP contribution in [0, 0.1) is 6.92 Å². The molecule has 5 aromatic rings. The monoisotopic (exact) mass is 596 g/mol. The van der Waals surface area contributed by atoms with Gasteiger partial charge < -0.3 is 14.8 Å². The van der Waals surface area contributed by atoms with Gasteiger partial charge in [0.25, 0.3) is 5.91 Å². The van der Waals surface area contributed by atoms with Crippen LogP contribution in [0.4, 0.5) is 10.8 Å². The standard InChI is InChI=1S/C33H29ClN4O3S/c1-3-40-31-18-23(9-16-30(31)41-20-24-5-4-6-27(34)17-24)19-35-38-32(39)26-12-10-25(11-13-26)29-21-42-33(37-29)36-28-14-7-22(2)8-15-28/h4-19,21H,3,20H2,1-2H3,(H,36,37)(H,38,39)/b35-19-. The number of halogens is 1. The Morgan fingerprint density at radius 3 is 2.55 bits per heavy atom. The summed E-state index contributed by atoms with van der Waals surface area (Å²) in [6.07, 6.45) is 1.56. The minimum atomic E-state index is -0.315. The normalized spacial score (nSPS) is 10.9. The number of nitrogens with zero attached hydrogens (tertiary/aromatic N) is 2. The fourth-order valence-electron chi connectivity index (χ4n) is 4.03. The molecule has 1 aromatic heterocycles. The molecule has 1 amide bonds. The molecule has 0 fully saturated rings. The van der Waals surface area contributed by atoms with Crippen LogP contribution in [0.5, 0.6) is 11.5 Å². The third kappa shape index (κ3) is 7.75. The van der Waals surface area contributed by atoms with E-state index in [4.69, 9.17) is 21.1 Å². The lowest BCUT2D eigenvalue weighted by Gasteiger charge is -2.12. The van der Waals surface area contributed by atoms with Crippen molar-refractivity contribution in [2.75, 3.05) is 11.9 Å². The zero-order valence-electron chi connectivity index (χ0n) is 23.1. The molecule has 42 heavy (non-hydrogen) atoms. The predicted octanol–water partition coefficient (Wildman–Crippen LogP) is 8.26. The number of thiazole rings is 1. The van der Waals surface area contributed by atoms with E-state index in [9.17, 15) is 4.79 Å². The van der Waals surface area contributed by atoms with Gasteiger partial charge in [-0.1, -0.05) is 53.6 Å². The molecule has 0 aliphatic carbocycles. The lowest BCUT2D eigenvalue weighted by molar-refractivity contribution is 0.0955.